The highest BCUT2D eigenvalue weighted by atomic mass is 32.2. The highest BCUT2D eigenvalue weighted by Gasteiger charge is 2.43. The number of thiophene rings is 1. The predicted molar refractivity (Wildman–Crippen MR) is 122 cm³/mol. The molecule has 0 aliphatic carbocycles. The minimum Gasteiger partial charge on any atom is -0.368 e. The molecule has 11 heteroatoms. The molecule has 1 N–H and O–H groups in total. The molecule has 1 fully saturated rings. The molecule has 2 unspecified atom stereocenters. The van der Waals surface area contributed by atoms with E-state index in [9.17, 15) is 22.8 Å². The molecular formula is C22H21F3N4O2S2. The van der Waals surface area contributed by atoms with E-state index in [0.29, 0.717) is 42.5 Å². The van der Waals surface area contributed by atoms with Gasteiger partial charge in [-0.25, -0.2) is 0 Å². The van der Waals surface area contributed by atoms with Gasteiger partial charge in [0.1, 0.15) is 5.71 Å². The molecule has 0 saturated carbocycles. The molecule has 1 amide bonds. The second-order valence-electron chi connectivity index (χ2n) is 8.25. The fraction of sp³-hybridized carbons (Fsp3) is 0.409. The Morgan fingerprint density at radius 3 is 2.45 bits per heavy atom. The van der Waals surface area contributed by atoms with Gasteiger partial charge in [0.05, 0.1) is 20.7 Å². The van der Waals surface area contributed by atoms with Crippen molar-refractivity contribution in [3.63, 3.8) is 0 Å². The third-order valence-electron chi connectivity index (χ3n) is 6.22. The van der Waals surface area contributed by atoms with Gasteiger partial charge in [-0.2, -0.15) is 18.3 Å². The number of rotatable bonds is 3. The van der Waals surface area contributed by atoms with Crippen molar-refractivity contribution in [2.24, 2.45) is 11.0 Å². The van der Waals surface area contributed by atoms with Crippen molar-refractivity contribution in [3.05, 3.63) is 46.3 Å². The zero-order valence-electron chi connectivity index (χ0n) is 17.7. The summed E-state index contributed by atoms with van der Waals surface area (Å²) in [6.07, 6.45) is -4.35. The second kappa shape index (κ2) is 8.35. The summed E-state index contributed by atoms with van der Waals surface area (Å²) >= 11 is 3.15. The highest BCUT2D eigenvalue weighted by Crippen LogP contribution is 2.46. The lowest BCUT2D eigenvalue weighted by Crippen LogP contribution is -2.51. The first-order chi connectivity index (χ1) is 15.7. The minimum atomic E-state index is -4.35. The second-order valence-corrected chi connectivity index (χ2v) is 10.6. The molecule has 174 valence electrons. The molecule has 0 bridgehead atoms. The molecule has 2 aromatic rings. The van der Waals surface area contributed by atoms with Crippen LogP contribution in [0.4, 0.5) is 18.9 Å². The van der Waals surface area contributed by atoms with Crippen molar-refractivity contribution in [3.8, 4) is 0 Å². The van der Waals surface area contributed by atoms with Crippen molar-refractivity contribution in [2.45, 2.75) is 23.4 Å². The van der Waals surface area contributed by atoms with E-state index in [1.807, 2.05) is 11.0 Å². The van der Waals surface area contributed by atoms with Crippen molar-refractivity contribution in [2.75, 3.05) is 36.8 Å². The number of nitrogens with zero attached hydrogens (tertiary/aromatic N) is 3. The molecule has 1 aromatic heterocycles. The summed E-state index contributed by atoms with van der Waals surface area (Å²) in [5.41, 5.74) is 4.70. The third-order valence-corrected chi connectivity index (χ3v) is 8.90. The molecule has 2 atom stereocenters. The van der Waals surface area contributed by atoms with E-state index in [-0.39, 0.29) is 23.7 Å². The van der Waals surface area contributed by atoms with Gasteiger partial charge in [0.25, 0.3) is 5.91 Å². The minimum absolute atomic E-state index is 0.0349. The van der Waals surface area contributed by atoms with Gasteiger partial charge < -0.3 is 15.2 Å². The van der Waals surface area contributed by atoms with Crippen LogP contribution < -0.4 is 10.3 Å². The van der Waals surface area contributed by atoms with E-state index in [1.165, 1.54) is 23.5 Å². The smallest absolute Gasteiger partial charge is 0.368 e. The molecule has 1 aromatic carbocycles. The summed E-state index contributed by atoms with van der Waals surface area (Å²) in [6.45, 7) is 3.58. The average molecular weight is 495 g/mol. The maximum absolute atomic E-state index is 13.2. The number of amides is 1. The van der Waals surface area contributed by atoms with Gasteiger partial charge in [0.15, 0.2) is 5.78 Å². The van der Waals surface area contributed by atoms with Crippen LogP contribution in [-0.4, -0.2) is 54.2 Å². The van der Waals surface area contributed by atoms with Gasteiger partial charge in [-0.3, -0.25) is 9.59 Å². The number of benzene rings is 1. The lowest BCUT2D eigenvalue weighted by molar-refractivity contribution is -0.137. The van der Waals surface area contributed by atoms with Gasteiger partial charge in [-0.05, 0) is 37.3 Å². The third kappa shape index (κ3) is 4.12. The summed E-state index contributed by atoms with van der Waals surface area (Å²) in [4.78, 5) is 29.5. The molecule has 0 spiro atoms. The normalized spacial score (nSPS) is 22.4. The standard InChI is InChI=1S/C22H21F3N4O2S2/c1-12(30)17-10-15-18-16(11-32-21(15)33-17)19(27-26-18)20(31)29-8-6-28(7-9-29)14-4-2-13(3-5-14)22(23,24)25/h2-5,10,16,18,26H,6-9,11H2,1H3. The molecule has 5 rings (SSSR count). The topological polar surface area (TPSA) is 65.0 Å². The predicted octanol–water partition coefficient (Wildman–Crippen LogP) is 4.04. The van der Waals surface area contributed by atoms with E-state index in [1.54, 1.807) is 23.6 Å². The molecule has 33 heavy (non-hydrogen) atoms. The summed E-state index contributed by atoms with van der Waals surface area (Å²) in [5, 5.41) is 4.38. The first-order valence-corrected chi connectivity index (χ1v) is 12.3. The van der Waals surface area contributed by atoms with Gasteiger partial charge in [-0.1, -0.05) is 0 Å². The summed E-state index contributed by atoms with van der Waals surface area (Å²) < 4.78 is 39.5. The fourth-order valence-corrected chi connectivity index (χ4v) is 6.96. The number of alkyl halides is 3. The molecule has 6 nitrogen and oxygen atoms in total. The van der Waals surface area contributed by atoms with E-state index in [4.69, 9.17) is 0 Å². The Bertz CT molecular complexity index is 1120. The lowest BCUT2D eigenvalue weighted by atomic mass is 9.92. The Hall–Kier alpha value is -2.53. The number of halogens is 3. The number of Topliss-reactive ketones (excluding diaryl/α,β-unsaturated/α-hetero) is 1. The summed E-state index contributed by atoms with van der Waals surface area (Å²) in [5.74, 6) is 0.594. The number of piperazine rings is 1. The van der Waals surface area contributed by atoms with Crippen LogP contribution in [0.1, 0.15) is 33.8 Å². The van der Waals surface area contributed by atoms with Gasteiger partial charge in [0.2, 0.25) is 0 Å². The quantitative estimate of drug-likeness (QED) is 0.653. The molecule has 1 saturated heterocycles. The maximum atomic E-state index is 13.2. The van der Waals surface area contributed by atoms with Crippen LogP contribution in [0.15, 0.2) is 39.6 Å². The highest BCUT2D eigenvalue weighted by molar-refractivity contribution is 8.01. The number of thioether (sulfide) groups is 1. The zero-order chi connectivity index (χ0) is 23.3. The molecule has 3 aliphatic rings. The largest absolute Gasteiger partial charge is 0.416 e. The first kappa shape index (κ1) is 22.3. The fourth-order valence-electron chi connectivity index (χ4n) is 4.39. The summed E-state index contributed by atoms with van der Waals surface area (Å²) in [6, 6.07) is 6.93. The Balaban J connectivity index is 1.22. The van der Waals surface area contributed by atoms with E-state index in [0.717, 1.165) is 27.7 Å². The SMILES string of the molecule is CC(=O)c1cc2c(s1)SCC1C(C(=O)N3CCN(c4ccc(C(F)(F)F)cc4)CC3)=NNC21. The van der Waals surface area contributed by atoms with E-state index < -0.39 is 11.7 Å². The monoisotopic (exact) mass is 494 g/mol. The molecular weight excluding hydrogens is 473 g/mol. The molecule has 3 aliphatic heterocycles. The average Bonchev–Trinajstić information content (AvgIpc) is 3.42. The number of hydrogen-bond acceptors (Lipinski definition) is 7. The number of hydrazone groups is 1. The lowest BCUT2D eigenvalue weighted by Gasteiger charge is -2.36. The Labute approximate surface area is 196 Å². The van der Waals surface area contributed by atoms with Crippen LogP contribution in [-0.2, 0) is 11.0 Å². The molecule has 4 heterocycles. The summed E-state index contributed by atoms with van der Waals surface area (Å²) in [7, 11) is 0. The van der Waals surface area contributed by atoms with E-state index >= 15 is 0 Å². The number of fused-ring (bicyclic) bond motifs is 3. The van der Waals surface area contributed by atoms with Gasteiger partial charge in [-0.15, -0.1) is 23.1 Å². The Morgan fingerprint density at radius 2 is 1.82 bits per heavy atom. The maximum Gasteiger partial charge on any atom is 0.416 e. The number of nitrogens with one attached hydrogen (secondary N) is 1. The number of carbonyl (C=O) groups is 2. The van der Waals surface area contributed by atoms with Gasteiger partial charge >= 0.3 is 6.18 Å². The van der Waals surface area contributed by atoms with Crippen LogP contribution in [0.2, 0.25) is 0 Å². The zero-order valence-corrected chi connectivity index (χ0v) is 19.3. The van der Waals surface area contributed by atoms with Crippen molar-refractivity contribution in [1.82, 2.24) is 10.3 Å². The van der Waals surface area contributed by atoms with Crippen molar-refractivity contribution in [1.29, 1.82) is 0 Å². The van der Waals surface area contributed by atoms with E-state index in [2.05, 4.69) is 10.5 Å². The van der Waals surface area contributed by atoms with Crippen LogP contribution in [0, 0.1) is 5.92 Å². The molecule has 0 radical (unpaired) electrons. The van der Waals surface area contributed by atoms with Gasteiger partial charge in [0, 0.05) is 49.1 Å². The Kier molecular flexibility index (Phi) is 5.64. The number of hydrogen-bond donors (Lipinski definition) is 1. The van der Waals surface area contributed by atoms with Crippen LogP contribution >= 0.6 is 23.1 Å². The Morgan fingerprint density at radius 1 is 1.12 bits per heavy atom. The van der Waals surface area contributed by atoms with Crippen LogP contribution in [0.5, 0.6) is 0 Å². The number of ketones is 1. The number of carbonyl (C=O) groups excluding carboxylic acids is 2. The van der Waals surface area contributed by atoms with Crippen molar-refractivity contribution < 1.29 is 22.8 Å². The first-order valence-electron chi connectivity index (χ1n) is 10.5. The number of anilines is 1. The van der Waals surface area contributed by atoms with Crippen LogP contribution in [0.25, 0.3) is 0 Å². The van der Waals surface area contributed by atoms with Crippen molar-refractivity contribution >= 4 is 46.2 Å². The van der Waals surface area contributed by atoms with Crippen LogP contribution in [0.3, 0.4) is 0 Å².